The molecule has 0 spiro atoms. The maximum atomic E-state index is 12.7. The minimum absolute atomic E-state index is 0.0549. The van der Waals surface area contributed by atoms with Crippen molar-refractivity contribution in [3.05, 3.63) is 22.6 Å². The number of hydrogen-bond acceptors (Lipinski definition) is 15. The molecule has 0 bridgehead atoms. The number of anilines is 2. The monoisotopic (exact) mass is 660 g/mol. The molecule has 17 heteroatoms. The number of nitrogens with zero attached hydrogens (tertiary/aromatic N) is 3. The summed E-state index contributed by atoms with van der Waals surface area (Å²) in [6, 6.07) is 0.133. The second-order valence-electron chi connectivity index (χ2n) is 12.4. The van der Waals surface area contributed by atoms with Crippen molar-refractivity contribution in [1.29, 1.82) is 0 Å². The van der Waals surface area contributed by atoms with Gasteiger partial charge in [0.25, 0.3) is 5.56 Å². The molecular weight excluding hydrogens is 620 g/mol. The first-order chi connectivity index (χ1) is 22.0. The lowest BCUT2D eigenvalue weighted by atomic mass is 9.96. The van der Waals surface area contributed by atoms with Crippen molar-refractivity contribution in [1.82, 2.24) is 9.55 Å². The van der Waals surface area contributed by atoms with Gasteiger partial charge in [-0.25, -0.2) is 9.79 Å². The van der Waals surface area contributed by atoms with Crippen LogP contribution >= 0.6 is 0 Å². The van der Waals surface area contributed by atoms with Crippen LogP contribution in [0.15, 0.2) is 22.1 Å². The first kappa shape index (κ1) is 35.2. The number of aliphatic imine (C=N–C) groups is 1. The molecule has 0 unspecified atom stereocenters. The number of rotatable bonds is 11. The third-order valence-electron chi connectivity index (χ3n) is 7.57. The average Bonchev–Trinajstić information content (AvgIpc) is 3.44. The Morgan fingerprint density at radius 2 is 1.77 bits per heavy atom. The Hall–Kier alpha value is -4.61. The van der Waals surface area contributed by atoms with Crippen LogP contribution < -0.4 is 21.9 Å². The highest BCUT2D eigenvalue weighted by molar-refractivity contribution is 6.12. The number of nitrogens with one attached hydrogen (secondary N) is 2. The van der Waals surface area contributed by atoms with Crippen LogP contribution in [-0.4, -0.2) is 82.2 Å². The molecule has 256 valence electrons. The van der Waals surface area contributed by atoms with Crippen LogP contribution in [0.5, 0.6) is 0 Å². The van der Waals surface area contributed by atoms with Gasteiger partial charge < -0.3 is 44.4 Å². The Kier molecular flexibility index (Phi) is 10.5. The van der Waals surface area contributed by atoms with Gasteiger partial charge in [-0.2, -0.15) is 4.98 Å². The Morgan fingerprint density at radius 1 is 1.09 bits per heavy atom. The molecule has 0 radical (unpaired) electrons. The third kappa shape index (κ3) is 7.52. The second-order valence-corrected chi connectivity index (χ2v) is 12.4. The van der Waals surface area contributed by atoms with Gasteiger partial charge in [-0.05, 0) is 12.8 Å². The van der Waals surface area contributed by atoms with E-state index in [-0.39, 0.29) is 40.6 Å². The van der Waals surface area contributed by atoms with Gasteiger partial charge in [0.15, 0.2) is 12.3 Å². The summed E-state index contributed by atoms with van der Waals surface area (Å²) in [4.78, 5) is 70.7. The van der Waals surface area contributed by atoms with Crippen molar-refractivity contribution in [2.45, 2.75) is 78.5 Å². The predicted molar refractivity (Wildman–Crippen MR) is 167 cm³/mol. The van der Waals surface area contributed by atoms with Crippen molar-refractivity contribution in [2.24, 2.45) is 28.5 Å². The van der Waals surface area contributed by atoms with Gasteiger partial charge in [-0.1, -0.05) is 41.5 Å². The smallest absolute Gasteiger partial charge is 0.414 e. The van der Waals surface area contributed by atoms with Crippen molar-refractivity contribution < 1.29 is 48.0 Å². The van der Waals surface area contributed by atoms with Crippen molar-refractivity contribution >= 4 is 58.4 Å². The van der Waals surface area contributed by atoms with Crippen LogP contribution in [0, 0.1) is 17.8 Å². The van der Waals surface area contributed by atoms with Crippen LogP contribution in [0.4, 0.5) is 22.1 Å². The highest BCUT2D eigenvalue weighted by Crippen LogP contribution is 2.47. The number of carbonyl (C=O) groups excluding carboxylic acids is 4. The summed E-state index contributed by atoms with van der Waals surface area (Å²) in [7, 11) is 0. The van der Waals surface area contributed by atoms with Gasteiger partial charge in [0, 0.05) is 17.6 Å². The highest BCUT2D eigenvalue weighted by atomic mass is 16.7. The van der Waals surface area contributed by atoms with E-state index in [2.05, 4.69) is 20.6 Å². The number of ether oxygens (including phenoxy) is 5. The van der Waals surface area contributed by atoms with Crippen molar-refractivity contribution in [2.75, 3.05) is 24.0 Å². The molecule has 5 N–H and O–H groups in total. The van der Waals surface area contributed by atoms with E-state index in [1.165, 1.54) is 24.0 Å². The third-order valence-corrected chi connectivity index (χ3v) is 7.57. The maximum Gasteiger partial charge on any atom is 0.414 e. The molecule has 47 heavy (non-hydrogen) atoms. The van der Waals surface area contributed by atoms with Crippen molar-refractivity contribution in [3.63, 3.8) is 0 Å². The van der Waals surface area contributed by atoms with Crippen LogP contribution in [0.2, 0.25) is 0 Å². The number of nitrogens with two attached hydrogens (primary N) is 1. The zero-order valence-electron chi connectivity index (χ0n) is 27.1. The fraction of sp³-hybridized carbons (Fsp3) is 0.567. The molecule has 5 atom stereocenters. The lowest BCUT2D eigenvalue weighted by molar-refractivity contribution is -0.169. The molecule has 0 aliphatic carbocycles. The van der Waals surface area contributed by atoms with Gasteiger partial charge in [0.05, 0.1) is 29.2 Å². The lowest BCUT2D eigenvalue weighted by Crippen LogP contribution is -2.48. The topological polar surface area (TPSA) is 232 Å². The number of esters is 3. The maximum absolute atomic E-state index is 12.7. The largest absolute Gasteiger partial charge is 0.463 e. The van der Waals surface area contributed by atoms with E-state index in [0.717, 1.165) is 6.07 Å². The van der Waals surface area contributed by atoms with Crippen LogP contribution in [-0.2, 0) is 38.1 Å². The van der Waals surface area contributed by atoms with E-state index in [1.807, 2.05) is 0 Å². The fourth-order valence-corrected chi connectivity index (χ4v) is 4.83. The van der Waals surface area contributed by atoms with Gasteiger partial charge in [0.2, 0.25) is 6.79 Å². The minimum atomic E-state index is -1.90. The van der Waals surface area contributed by atoms with E-state index < -0.39 is 78.3 Å². The molecule has 0 saturated carbocycles. The summed E-state index contributed by atoms with van der Waals surface area (Å²) in [5, 5.41) is 17.6. The number of aliphatic hydroxyl groups is 1. The summed E-state index contributed by atoms with van der Waals surface area (Å²) < 4.78 is 28.6. The highest BCUT2D eigenvalue weighted by Gasteiger charge is 2.57. The number of carbonyl (C=O) groups is 4. The average molecular weight is 661 g/mol. The number of aromatic nitrogens is 2. The van der Waals surface area contributed by atoms with E-state index in [0.29, 0.717) is 0 Å². The second kappa shape index (κ2) is 14.0. The Labute approximate surface area is 269 Å². The number of amides is 1. The van der Waals surface area contributed by atoms with Gasteiger partial charge >= 0.3 is 24.0 Å². The minimum Gasteiger partial charge on any atom is -0.463 e. The van der Waals surface area contributed by atoms with Gasteiger partial charge in [0.1, 0.15) is 36.0 Å². The zero-order valence-corrected chi connectivity index (χ0v) is 27.1. The lowest BCUT2D eigenvalue weighted by Gasteiger charge is -2.31. The predicted octanol–water partition coefficient (Wildman–Crippen LogP) is 1.93. The summed E-state index contributed by atoms with van der Waals surface area (Å²) in [5.41, 5.74) is 3.06. The molecule has 0 aromatic carbocycles. The molecule has 17 nitrogen and oxygen atoms in total. The standard InChI is InChI=1S/C30H40N6O11/c1-13(2)21(31)27(40)44-12-45-29(41)34-17-8-19(37)35-23-20-16(17)9-36(24(20)33-11-32-23)28-30(7,42)22(47-26(39)15(5)6)18(46-28)10-43-25(38)14(3)4/h8-9,11,13-15,18,21-22,28,42H,10,12,31H2,1-7H3,(H,34,41)(H,32,33,35,37)/t18-,21+,22-,28-,30-/m1/s1. The zero-order chi connectivity index (χ0) is 34.8. The molecular formula is C30H40N6O11. The SMILES string of the molecule is CC(C)C(=O)OC[C@H]1O[C@@H](n2cc3c(NC(=O)OCOC(=O)[C@@H](N)C(C)C)cc(=O)nc4c3c2N=CN4)[C@](C)(O)[C@@H]1OC(=O)C(C)C. The van der Waals surface area contributed by atoms with E-state index >= 15 is 0 Å². The number of hydrogen-bond donors (Lipinski definition) is 4. The summed E-state index contributed by atoms with van der Waals surface area (Å²) in [6.45, 7) is 10.4. The Bertz CT molecular complexity index is 1630. The normalized spacial score (nSPS) is 22.3. The van der Waals surface area contributed by atoms with Crippen LogP contribution in [0.1, 0.15) is 54.7 Å². The molecule has 1 fully saturated rings. The van der Waals surface area contributed by atoms with E-state index in [9.17, 15) is 29.1 Å². The molecule has 4 heterocycles. The molecule has 1 amide bonds. The molecule has 2 aliphatic rings. The molecule has 2 aliphatic heterocycles. The Balaban J connectivity index is 1.70. The quantitative estimate of drug-likeness (QED) is 0.153. The molecule has 2 aromatic heterocycles. The van der Waals surface area contributed by atoms with Crippen LogP contribution in [0.25, 0.3) is 10.8 Å². The van der Waals surface area contributed by atoms with E-state index in [4.69, 9.17) is 29.4 Å². The first-order valence-electron chi connectivity index (χ1n) is 15.0. The molecule has 1 saturated heterocycles. The van der Waals surface area contributed by atoms with Crippen molar-refractivity contribution in [3.8, 4) is 0 Å². The van der Waals surface area contributed by atoms with Crippen LogP contribution in [0.3, 0.4) is 0 Å². The van der Waals surface area contributed by atoms with Gasteiger partial charge in [-0.3, -0.25) is 24.5 Å². The molecule has 4 rings (SSSR count). The van der Waals surface area contributed by atoms with E-state index in [1.54, 1.807) is 41.5 Å². The summed E-state index contributed by atoms with van der Waals surface area (Å²) in [5.74, 6) is -2.80. The van der Waals surface area contributed by atoms with Gasteiger partial charge in [-0.15, -0.1) is 0 Å². The summed E-state index contributed by atoms with van der Waals surface area (Å²) in [6.07, 6.45) is -1.96. The molecule has 2 aromatic rings. The first-order valence-corrected chi connectivity index (χ1v) is 15.0. The fourth-order valence-electron chi connectivity index (χ4n) is 4.83. The summed E-state index contributed by atoms with van der Waals surface area (Å²) >= 11 is 0. The Morgan fingerprint density at radius 3 is 2.40 bits per heavy atom.